The molecule has 1 aliphatic rings. The van der Waals surface area contributed by atoms with Crippen LogP contribution in [-0.2, 0) is 4.79 Å². The normalized spacial score (nSPS) is 14.3. The van der Waals surface area contributed by atoms with Gasteiger partial charge in [0.05, 0.1) is 22.4 Å². The predicted molar refractivity (Wildman–Crippen MR) is 122 cm³/mol. The number of H-pyrrole nitrogens is 2. The Morgan fingerprint density at radius 2 is 1.69 bits per heavy atom. The topological polar surface area (TPSA) is 128 Å². The Bertz CT molecular complexity index is 1430. The molecule has 2 amide bonds. The zero-order valence-electron chi connectivity index (χ0n) is 17.5. The molecule has 0 saturated carbocycles. The fourth-order valence-corrected chi connectivity index (χ4v) is 4.14. The van der Waals surface area contributed by atoms with Crippen LogP contribution in [0.3, 0.4) is 0 Å². The molecular formula is C23H22N6O3. The lowest BCUT2D eigenvalue weighted by Gasteiger charge is -2.34. The number of para-hydroxylation sites is 2. The number of amides is 2. The van der Waals surface area contributed by atoms with Gasteiger partial charge in [0.25, 0.3) is 11.5 Å². The lowest BCUT2D eigenvalue weighted by molar-refractivity contribution is -0.130. The van der Waals surface area contributed by atoms with Crippen LogP contribution in [0.4, 0.5) is 5.69 Å². The lowest BCUT2D eigenvalue weighted by Crippen LogP contribution is -2.50. The van der Waals surface area contributed by atoms with Gasteiger partial charge in [-0.3, -0.25) is 14.4 Å². The Hall–Kier alpha value is -4.14. The van der Waals surface area contributed by atoms with Gasteiger partial charge in [0.2, 0.25) is 5.91 Å². The summed E-state index contributed by atoms with van der Waals surface area (Å²) in [5.74, 6) is -0.0950. The maximum atomic E-state index is 13.0. The molecule has 1 aliphatic heterocycles. The number of carbonyl (C=O) groups is 2. The van der Waals surface area contributed by atoms with Gasteiger partial charge in [0.1, 0.15) is 0 Å². The van der Waals surface area contributed by atoms with Gasteiger partial charge >= 0.3 is 0 Å². The van der Waals surface area contributed by atoms with Crippen LogP contribution >= 0.6 is 0 Å². The van der Waals surface area contributed by atoms with Gasteiger partial charge in [-0.15, -0.1) is 0 Å². The molecule has 32 heavy (non-hydrogen) atoms. The van der Waals surface area contributed by atoms with Crippen LogP contribution in [0.5, 0.6) is 0 Å². The van der Waals surface area contributed by atoms with E-state index in [0.717, 1.165) is 0 Å². The largest absolute Gasteiger partial charge is 0.396 e. The molecule has 1 fully saturated rings. The fraction of sp³-hybridized carbons (Fsp3) is 0.217. The zero-order chi connectivity index (χ0) is 22.4. The summed E-state index contributed by atoms with van der Waals surface area (Å²) in [5, 5.41) is 0.655. The summed E-state index contributed by atoms with van der Waals surface area (Å²) in [5.41, 5.74) is 9.55. The summed E-state index contributed by atoms with van der Waals surface area (Å²) in [6.07, 6.45) is 0. The maximum Gasteiger partial charge on any atom is 0.276 e. The van der Waals surface area contributed by atoms with E-state index in [1.807, 2.05) is 18.2 Å². The van der Waals surface area contributed by atoms with Gasteiger partial charge in [-0.05, 0) is 30.3 Å². The standard InChI is InChI=1S/C23H22N6O3/c1-13(30)28-8-10-29(11-9-28)23(32)14-6-7-16-15(12-14)19(24)20(25-16)21-22(31)27-18-5-3-2-4-17(18)26-21/h2-7,12,25H,8-11,24H2,1H3,(H,27,31). The Morgan fingerprint density at radius 3 is 2.44 bits per heavy atom. The number of nitrogens with zero attached hydrogens (tertiary/aromatic N) is 3. The molecule has 0 bridgehead atoms. The average Bonchev–Trinajstić information content (AvgIpc) is 3.13. The molecule has 9 nitrogen and oxygen atoms in total. The minimum atomic E-state index is -0.346. The number of aromatic amines is 2. The number of nitrogens with one attached hydrogen (secondary N) is 2. The lowest BCUT2D eigenvalue weighted by atomic mass is 10.1. The van der Waals surface area contributed by atoms with E-state index in [0.29, 0.717) is 65.1 Å². The van der Waals surface area contributed by atoms with E-state index in [4.69, 9.17) is 5.73 Å². The molecule has 9 heteroatoms. The van der Waals surface area contributed by atoms with Crippen molar-refractivity contribution in [2.24, 2.45) is 0 Å². The minimum Gasteiger partial charge on any atom is -0.396 e. The maximum absolute atomic E-state index is 13.0. The van der Waals surface area contributed by atoms with E-state index < -0.39 is 0 Å². The third-order valence-electron chi connectivity index (χ3n) is 5.93. The summed E-state index contributed by atoms with van der Waals surface area (Å²) in [7, 11) is 0. The number of nitrogens with two attached hydrogens (primary N) is 1. The van der Waals surface area contributed by atoms with Gasteiger partial charge in [0, 0.05) is 49.6 Å². The molecule has 5 rings (SSSR count). The number of carbonyl (C=O) groups excluding carboxylic acids is 2. The summed E-state index contributed by atoms with van der Waals surface area (Å²) in [6.45, 7) is 3.56. The monoisotopic (exact) mass is 430 g/mol. The molecule has 2 aromatic carbocycles. The van der Waals surface area contributed by atoms with Crippen LogP contribution in [0, 0.1) is 0 Å². The Morgan fingerprint density at radius 1 is 0.969 bits per heavy atom. The van der Waals surface area contributed by atoms with Crippen molar-refractivity contribution in [2.45, 2.75) is 6.92 Å². The van der Waals surface area contributed by atoms with Gasteiger partial charge in [-0.25, -0.2) is 4.98 Å². The molecule has 0 unspecified atom stereocenters. The van der Waals surface area contributed by atoms with E-state index in [-0.39, 0.29) is 23.1 Å². The first kappa shape index (κ1) is 19.8. The van der Waals surface area contributed by atoms with Crippen molar-refractivity contribution in [3.8, 4) is 11.4 Å². The van der Waals surface area contributed by atoms with Gasteiger partial charge in [0.15, 0.2) is 5.69 Å². The highest BCUT2D eigenvalue weighted by Crippen LogP contribution is 2.31. The second-order valence-corrected chi connectivity index (χ2v) is 7.90. The molecule has 4 N–H and O–H groups in total. The number of anilines is 1. The smallest absolute Gasteiger partial charge is 0.276 e. The first-order valence-electron chi connectivity index (χ1n) is 10.4. The molecule has 4 aromatic rings. The molecule has 0 spiro atoms. The van der Waals surface area contributed by atoms with Crippen LogP contribution in [0.15, 0.2) is 47.3 Å². The van der Waals surface area contributed by atoms with E-state index in [2.05, 4.69) is 15.0 Å². The van der Waals surface area contributed by atoms with Crippen molar-refractivity contribution >= 4 is 39.4 Å². The number of aromatic nitrogens is 3. The fourth-order valence-electron chi connectivity index (χ4n) is 4.14. The second kappa shape index (κ2) is 7.52. The molecule has 0 radical (unpaired) electrons. The first-order chi connectivity index (χ1) is 15.4. The van der Waals surface area contributed by atoms with Crippen molar-refractivity contribution in [3.05, 3.63) is 58.4 Å². The van der Waals surface area contributed by atoms with E-state index in [1.54, 1.807) is 34.1 Å². The van der Waals surface area contributed by atoms with Crippen molar-refractivity contribution in [2.75, 3.05) is 31.9 Å². The summed E-state index contributed by atoms with van der Waals surface area (Å²) in [4.78, 5) is 51.1. The Kier molecular flexibility index (Phi) is 4.66. The molecule has 162 valence electrons. The number of nitrogen functional groups attached to an aromatic ring is 1. The third kappa shape index (κ3) is 3.27. The highest BCUT2D eigenvalue weighted by atomic mass is 16.2. The molecule has 0 atom stereocenters. The summed E-state index contributed by atoms with van der Waals surface area (Å²) < 4.78 is 0. The van der Waals surface area contributed by atoms with Crippen molar-refractivity contribution in [1.82, 2.24) is 24.8 Å². The van der Waals surface area contributed by atoms with E-state index in [9.17, 15) is 14.4 Å². The molecule has 3 heterocycles. The zero-order valence-corrected chi connectivity index (χ0v) is 17.5. The summed E-state index contributed by atoms with van der Waals surface area (Å²) >= 11 is 0. The summed E-state index contributed by atoms with van der Waals surface area (Å²) in [6, 6.07) is 12.5. The highest BCUT2D eigenvalue weighted by Gasteiger charge is 2.24. The SMILES string of the molecule is CC(=O)N1CCN(C(=O)c2ccc3[nH]c(-c4nc5ccccc5[nH]c4=O)c(N)c3c2)CC1. The van der Waals surface area contributed by atoms with Gasteiger partial charge in [-0.1, -0.05) is 12.1 Å². The van der Waals surface area contributed by atoms with Crippen LogP contribution in [0.1, 0.15) is 17.3 Å². The van der Waals surface area contributed by atoms with Crippen LogP contribution in [-0.4, -0.2) is 62.7 Å². The van der Waals surface area contributed by atoms with Gasteiger partial charge < -0.3 is 25.5 Å². The number of hydrogen-bond acceptors (Lipinski definition) is 5. The Labute approximate surface area is 182 Å². The quantitative estimate of drug-likeness (QED) is 0.448. The molecule has 2 aromatic heterocycles. The van der Waals surface area contributed by atoms with Crippen molar-refractivity contribution in [3.63, 3.8) is 0 Å². The number of hydrogen-bond donors (Lipinski definition) is 3. The Balaban J connectivity index is 1.49. The van der Waals surface area contributed by atoms with Crippen LogP contribution < -0.4 is 11.3 Å². The van der Waals surface area contributed by atoms with E-state index in [1.165, 1.54) is 6.92 Å². The predicted octanol–water partition coefficient (Wildman–Crippen LogP) is 1.96. The number of benzene rings is 2. The average molecular weight is 430 g/mol. The molecule has 0 aliphatic carbocycles. The second-order valence-electron chi connectivity index (χ2n) is 7.90. The van der Waals surface area contributed by atoms with Crippen molar-refractivity contribution < 1.29 is 9.59 Å². The number of rotatable bonds is 2. The molecule has 1 saturated heterocycles. The minimum absolute atomic E-state index is 0.0171. The molecular weight excluding hydrogens is 408 g/mol. The highest BCUT2D eigenvalue weighted by molar-refractivity contribution is 6.04. The van der Waals surface area contributed by atoms with Crippen LogP contribution in [0.25, 0.3) is 33.3 Å². The van der Waals surface area contributed by atoms with E-state index >= 15 is 0 Å². The third-order valence-corrected chi connectivity index (χ3v) is 5.93. The van der Waals surface area contributed by atoms with Crippen LogP contribution in [0.2, 0.25) is 0 Å². The van der Waals surface area contributed by atoms with Crippen molar-refractivity contribution in [1.29, 1.82) is 0 Å². The number of fused-ring (bicyclic) bond motifs is 2. The number of piperazine rings is 1. The van der Waals surface area contributed by atoms with Gasteiger partial charge in [-0.2, -0.15) is 0 Å². The first-order valence-corrected chi connectivity index (χ1v) is 10.4.